The van der Waals surface area contributed by atoms with E-state index >= 15 is 0 Å². The molecule has 7 heteroatoms. The van der Waals surface area contributed by atoms with Gasteiger partial charge in [0, 0.05) is 65.0 Å². The van der Waals surface area contributed by atoms with E-state index in [0.29, 0.717) is 6.61 Å². The van der Waals surface area contributed by atoms with Gasteiger partial charge in [-0.3, -0.25) is 4.90 Å². The van der Waals surface area contributed by atoms with Crippen LogP contribution in [0.2, 0.25) is 0 Å². The topological polar surface area (TPSA) is 59.0 Å². The summed E-state index contributed by atoms with van der Waals surface area (Å²) in [5, 5.41) is 8.93. The lowest BCUT2D eigenvalue weighted by molar-refractivity contribution is 0.242. The third kappa shape index (κ3) is 4.87. The number of rotatable bonds is 8. The first-order valence-corrected chi connectivity index (χ1v) is 11.3. The van der Waals surface area contributed by atoms with Gasteiger partial charge in [0.25, 0.3) is 0 Å². The zero-order chi connectivity index (χ0) is 19.2. The van der Waals surface area contributed by atoms with Crippen molar-refractivity contribution in [1.29, 1.82) is 0 Å². The number of nitrogens with zero attached hydrogens (tertiary/aromatic N) is 6. The first-order chi connectivity index (χ1) is 13.8. The van der Waals surface area contributed by atoms with E-state index in [1.165, 1.54) is 32.1 Å². The summed E-state index contributed by atoms with van der Waals surface area (Å²) in [7, 11) is 0. The van der Waals surface area contributed by atoms with Crippen LogP contribution in [0.1, 0.15) is 44.9 Å². The maximum absolute atomic E-state index is 8.93. The molecule has 4 rings (SSSR count). The molecular formula is C21H36N6O. The smallest absolute Gasteiger partial charge is 0.229 e. The van der Waals surface area contributed by atoms with E-state index in [-0.39, 0.29) is 0 Å². The van der Waals surface area contributed by atoms with Crippen LogP contribution in [-0.2, 0) is 0 Å². The molecule has 0 radical (unpaired) electrons. The molecule has 0 bridgehead atoms. The molecule has 0 aliphatic carbocycles. The third-order valence-corrected chi connectivity index (χ3v) is 6.34. The standard InChI is InChI=1S/C21H36N6O/c28-17-7-1-2-8-24-13-15-26(16-14-24)20-18-19(25-9-3-4-10-25)22-21(23-20)27-11-5-6-12-27/h18,28H,1-17H2. The van der Waals surface area contributed by atoms with Gasteiger partial charge in [-0.05, 0) is 51.5 Å². The number of aliphatic hydroxyl groups excluding tert-OH is 1. The number of unbranched alkanes of at least 4 members (excludes halogenated alkanes) is 2. The Hall–Kier alpha value is -1.60. The van der Waals surface area contributed by atoms with Crippen molar-refractivity contribution in [2.24, 2.45) is 0 Å². The van der Waals surface area contributed by atoms with Gasteiger partial charge in [-0.1, -0.05) is 0 Å². The van der Waals surface area contributed by atoms with Gasteiger partial charge in [-0.15, -0.1) is 0 Å². The van der Waals surface area contributed by atoms with Crippen molar-refractivity contribution < 1.29 is 5.11 Å². The summed E-state index contributed by atoms with van der Waals surface area (Å²) >= 11 is 0. The Morgan fingerprint density at radius 2 is 1.25 bits per heavy atom. The van der Waals surface area contributed by atoms with Crippen LogP contribution >= 0.6 is 0 Å². The molecule has 0 saturated carbocycles. The van der Waals surface area contributed by atoms with Crippen molar-refractivity contribution in [2.45, 2.75) is 44.9 Å². The predicted molar refractivity (Wildman–Crippen MR) is 115 cm³/mol. The van der Waals surface area contributed by atoms with Crippen molar-refractivity contribution in [3.05, 3.63) is 6.07 Å². The van der Waals surface area contributed by atoms with Crippen LogP contribution in [0, 0.1) is 0 Å². The van der Waals surface area contributed by atoms with Gasteiger partial charge < -0.3 is 19.8 Å². The van der Waals surface area contributed by atoms with Gasteiger partial charge in [-0.2, -0.15) is 9.97 Å². The second-order valence-electron chi connectivity index (χ2n) is 8.39. The van der Waals surface area contributed by atoms with E-state index in [9.17, 15) is 0 Å². The monoisotopic (exact) mass is 388 g/mol. The lowest BCUT2D eigenvalue weighted by Gasteiger charge is -2.36. The summed E-state index contributed by atoms with van der Waals surface area (Å²) in [6.45, 7) is 10.2. The molecule has 1 N–H and O–H groups in total. The Morgan fingerprint density at radius 3 is 1.86 bits per heavy atom. The van der Waals surface area contributed by atoms with E-state index < -0.39 is 0 Å². The fourth-order valence-electron chi connectivity index (χ4n) is 4.56. The fourth-order valence-corrected chi connectivity index (χ4v) is 4.56. The Bertz CT molecular complexity index is 573. The van der Waals surface area contributed by atoms with Crippen molar-refractivity contribution in [2.75, 3.05) is 80.2 Å². The Morgan fingerprint density at radius 1 is 0.679 bits per heavy atom. The molecule has 0 amide bonds. The Balaban J connectivity index is 1.41. The van der Waals surface area contributed by atoms with Crippen molar-refractivity contribution >= 4 is 17.6 Å². The molecule has 0 spiro atoms. The van der Waals surface area contributed by atoms with Gasteiger partial charge in [-0.25, -0.2) is 0 Å². The number of hydrogen-bond acceptors (Lipinski definition) is 7. The number of hydrogen-bond donors (Lipinski definition) is 1. The molecule has 0 aromatic carbocycles. The predicted octanol–water partition coefficient (Wildman–Crippen LogP) is 1.96. The molecule has 0 atom stereocenters. The molecule has 7 nitrogen and oxygen atoms in total. The van der Waals surface area contributed by atoms with Gasteiger partial charge in [0.2, 0.25) is 5.95 Å². The van der Waals surface area contributed by atoms with Crippen LogP contribution in [0.3, 0.4) is 0 Å². The third-order valence-electron chi connectivity index (χ3n) is 6.34. The first-order valence-electron chi connectivity index (χ1n) is 11.3. The highest BCUT2D eigenvalue weighted by molar-refractivity contribution is 5.56. The number of aromatic nitrogens is 2. The second-order valence-corrected chi connectivity index (χ2v) is 8.39. The minimum absolute atomic E-state index is 0.320. The van der Waals surface area contributed by atoms with Crippen molar-refractivity contribution in [3.63, 3.8) is 0 Å². The zero-order valence-corrected chi connectivity index (χ0v) is 17.2. The van der Waals surface area contributed by atoms with Crippen LogP contribution in [0.4, 0.5) is 17.6 Å². The molecule has 3 aliphatic heterocycles. The molecule has 0 unspecified atom stereocenters. The number of anilines is 3. The SMILES string of the molecule is OCCCCCN1CCN(c2cc(N3CCCC3)nc(N3CCCC3)n2)CC1. The van der Waals surface area contributed by atoms with E-state index in [4.69, 9.17) is 15.1 Å². The molecule has 156 valence electrons. The average molecular weight is 389 g/mol. The number of aliphatic hydroxyl groups is 1. The molecule has 28 heavy (non-hydrogen) atoms. The van der Waals surface area contributed by atoms with Gasteiger partial charge >= 0.3 is 0 Å². The van der Waals surface area contributed by atoms with Gasteiger partial charge in [0.15, 0.2) is 0 Å². The molecule has 4 heterocycles. The van der Waals surface area contributed by atoms with E-state index in [1.54, 1.807) is 0 Å². The van der Waals surface area contributed by atoms with Crippen LogP contribution in [-0.4, -0.2) is 85.5 Å². The number of piperazine rings is 1. The summed E-state index contributed by atoms with van der Waals surface area (Å²) in [5.74, 6) is 3.16. The normalized spacial score (nSPS) is 21.1. The van der Waals surface area contributed by atoms with Gasteiger partial charge in [0.1, 0.15) is 11.6 Å². The minimum atomic E-state index is 0.320. The molecule has 3 aliphatic rings. The lowest BCUT2D eigenvalue weighted by atomic mass is 10.2. The largest absolute Gasteiger partial charge is 0.396 e. The van der Waals surface area contributed by atoms with Gasteiger partial charge in [0.05, 0.1) is 0 Å². The zero-order valence-electron chi connectivity index (χ0n) is 17.2. The summed E-state index contributed by atoms with van der Waals surface area (Å²) in [6, 6.07) is 2.22. The van der Waals surface area contributed by atoms with E-state index in [1.807, 2.05) is 0 Å². The Kier molecular flexibility index (Phi) is 6.86. The second kappa shape index (κ2) is 9.74. The van der Waals surface area contributed by atoms with Crippen molar-refractivity contribution in [1.82, 2.24) is 14.9 Å². The first kappa shape index (κ1) is 19.7. The Labute approximate surface area is 169 Å². The highest BCUT2D eigenvalue weighted by Crippen LogP contribution is 2.27. The summed E-state index contributed by atoms with van der Waals surface area (Å²) < 4.78 is 0. The lowest BCUT2D eigenvalue weighted by Crippen LogP contribution is -2.47. The highest BCUT2D eigenvalue weighted by Gasteiger charge is 2.24. The maximum atomic E-state index is 8.93. The summed E-state index contributed by atoms with van der Waals surface area (Å²) in [5.41, 5.74) is 0. The molecule has 1 aromatic rings. The highest BCUT2D eigenvalue weighted by atomic mass is 16.2. The average Bonchev–Trinajstić information content (AvgIpc) is 3.46. The van der Waals surface area contributed by atoms with E-state index in [2.05, 4.69) is 25.7 Å². The minimum Gasteiger partial charge on any atom is -0.396 e. The van der Waals surface area contributed by atoms with E-state index in [0.717, 1.165) is 89.3 Å². The van der Waals surface area contributed by atoms with Crippen LogP contribution in [0.25, 0.3) is 0 Å². The molecule has 3 saturated heterocycles. The summed E-state index contributed by atoms with van der Waals surface area (Å²) in [6.07, 6.45) is 8.29. The van der Waals surface area contributed by atoms with Crippen molar-refractivity contribution in [3.8, 4) is 0 Å². The molecular weight excluding hydrogens is 352 g/mol. The van der Waals surface area contributed by atoms with Crippen LogP contribution < -0.4 is 14.7 Å². The van der Waals surface area contributed by atoms with Crippen LogP contribution in [0.5, 0.6) is 0 Å². The molecule has 3 fully saturated rings. The molecule has 1 aromatic heterocycles. The quantitative estimate of drug-likeness (QED) is 0.683. The summed E-state index contributed by atoms with van der Waals surface area (Å²) in [4.78, 5) is 19.7. The van der Waals surface area contributed by atoms with Crippen LogP contribution in [0.15, 0.2) is 6.07 Å². The fraction of sp³-hybridized carbons (Fsp3) is 0.810. The maximum Gasteiger partial charge on any atom is 0.229 e.